The summed E-state index contributed by atoms with van der Waals surface area (Å²) in [5.41, 5.74) is 1.48. The molecule has 0 aliphatic rings. The number of rotatable bonds is 9. The fourth-order valence-electron chi connectivity index (χ4n) is 2.62. The molecule has 0 fully saturated rings. The molecule has 2 N–H and O–H groups in total. The van der Waals surface area contributed by atoms with Crippen molar-refractivity contribution in [2.24, 2.45) is 4.99 Å². The zero-order valence-electron chi connectivity index (χ0n) is 18.2. The van der Waals surface area contributed by atoms with E-state index >= 15 is 0 Å². The Kier molecular flexibility index (Phi) is 11.2. The highest BCUT2D eigenvalue weighted by atomic mass is 127. The predicted octanol–water partition coefficient (Wildman–Crippen LogP) is 4.85. The second kappa shape index (κ2) is 13.1. The van der Waals surface area contributed by atoms with Crippen molar-refractivity contribution in [1.29, 1.82) is 0 Å². The lowest BCUT2D eigenvalue weighted by Gasteiger charge is -2.15. The van der Waals surface area contributed by atoms with Gasteiger partial charge in [0.05, 0.1) is 27.9 Å². The molecule has 0 aliphatic heterocycles. The molecule has 7 nitrogen and oxygen atoms in total. The maximum absolute atomic E-state index is 12.4. The van der Waals surface area contributed by atoms with Crippen molar-refractivity contribution in [2.45, 2.75) is 19.6 Å². The molecule has 11 heteroatoms. The first-order valence-electron chi connectivity index (χ1n) is 9.43. The summed E-state index contributed by atoms with van der Waals surface area (Å²) in [7, 11) is 4.48. The molecule has 0 saturated heterocycles. The lowest BCUT2D eigenvalue weighted by atomic mass is 10.2. The summed E-state index contributed by atoms with van der Waals surface area (Å²) in [4.78, 5) is 4.51. The SMILES string of the molecule is CCNC(=NCc1ccc(OCC(F)(F)F)c(OC)c1)Nc1ccc(OC)c(OC)c1.I. The van der Waals surface area contributed by atoms with Gasteiger partial charge < -0.3 is 29.6 Å². The smallest absolute Gasteiger partial charge is 0.422 e. The van der Waals surface area contributed by atoms with Gasteiger partial charge in [0.25, 0.3) is 0 Å². The molecule has 0 unspecified atom stereocenters. The molecule has 32 heavy (non-hydrogen) atoms. The molecule has 2 aromatic rings. The molecule has 0 aliphatic carbocycles. The van der Waals surface area contributed by atoms with Gasteiger partial charge in [-0.1, -0.05) is 6.07 Å². The summed E-state index contributed by atoms with van der Waals surface area (Å²) in [6, 6.07) is 10.0. The molecule has 0 atom stereocenters. The van der Waals surface area contributed by atoms with Crippen molar-refractivity contribution in [2.75, 3.05) is 39.8 Å². The number of nitrogens with one attached hydrogen (secondary N) is 2. The summed E-state index contributed by atoms with van der Waals surface area (Å²) < 4.78 is 57.7. The van der Waals surface area contributed by atoms with Crippen LogP contribution < -0.4 is 29.6 Å². The van der Waals surface area contributed by atoms with Gasteiger partial charge in [0.1, 0.15) is 0 Å². The summed E-state index contributed by atoms with van der Waals surface area (Å²) in [6.07, 6.45) is -4.43. The van der Waals surface area contributed by atoms with Crippen molar-refractivity contribution in [1.82, 2.24) is 5.32 Å². The minimum Gasteiger partial charge on any atom is -0.493 e. The predicted molar refractivity (Wildman–Crippen MR) is 128 cm³/mol. The van der Waals surface area contributed by atoms with Crippen molar-refractivity contribution < 1.29 is 32.1 Å². The van der Waals surface area contributed by atoms with Crippen LogP contribution in [0.25, 0.3) is 0 Å². The molecule has 0 spiro atoms. The number of halogens is 4. The van der Waals surface area contributed by atoms with E-state index < -0.39 is 12.8 Å². The summed E-state index contributed by atoms with van der Waals surface area (Å²) >= 11 is 0. The third kappa shape index (κ3) is 8.52. The largest absolute Gasteiger partial charge is 0.493 e. The van der Waals surface area contributed by atoms with Gasteiger partial charge in [0.15, 0.2) is 35.6 Å². The zero-order chi connectivity index (χ0) is 22.9. The van der Waals surface area contributed by atoms with Crippen LogP contribution in [0.5, 0.6) is 23.0 Å². The first kappa shape index (κ1) is 27.5. The van der Waals surface area contributed by atoms with Crippen LogP contribution in [-0.2, 0) is 6.54 Å². The number of hydrogen-bond acceptors (Lipinski definition) is 5. The lowest BCUT2D eigenvalue weighted by molar-refractivity contribution is -0.153. The number of methoxy groups -OCH3 is 3. The summed E-state index contributed by atoms with van der Waals surface area (Å²) in [5.74, 6) is 1.92. The Labute approximate surface area is 202 Å². The van der Waals surface area contributed by atoms with E-state index in [0.717, 1.165) is 11.3 Å². The summed E-state index contributed by atoms with van der Waals surface area (Å²) in [6.45, 7) is 1.44. The summed E-state index contributed by atoms with van der Waals surface area (Å²) in [5, 5.41) is 6.31. The Morgan fingerprint density at radius 3 is 2.12 bits per heavy atom. The molecule has 0 radical (unpaired) electrons. The van der Waals surface area contributed by atoms with Crippen LogP contribution in [0.15, 0.2) is 41.4 Å². The van der Waals surface area contributed by atoms with Crippen LogP contribution in [0.4, 0.5) is 18.9 Å². The Hall–Kier alpha value is -2.57. The number of hydrogen-bond donors (Lipinski definition) is 2. The topological polar surface area (TPSA) is 73.3 Å². The zero-order valence-corrected chi connectivity index (χ0v) is 20.5. The molecule has 0 saturated carbocycles. The van der Waals surface area contributed by atoms with Gasteiger partial charge in [0, 0.05) is 18.3 Å². The van der Waals surface area contributed by atoms with Gasteiger partial charge in [0.2, 0.25) is 0 Å². The number of benzene rings is 2. The van der Waals surface area contributed by atoms with Gasteiger partial charge in [-0.15, -0.1) is 24.0 Å². The van der Waals surface area contributed by atoms with Crippen LogP contribution in [0.2, 0.25) is 0 Å². The first-order chi connectivity index (χ1) is 14.8. The number of aliphatic imine (C=N–C) groups is 1. The van der Waals surface area contributed by atoms with Gasteiger partial charge in [-0.2, -0.15) is 13.2 Å². The quantitative estimate of drug-likeness (QED) is 0.256. The number of guanidine groups is 1. The molecule has 0 amide bonds. The maximum atomic E-state index is 12.4. The van der Waals surface area contributed by atoms with E-state index in [1.54, 1.807) is 38.5 Å². The van der Waals surface area contributed by atoms with E-state index in [2.05, 4.69) is 15.6 Å². The van der Waals surface area contributed by atoms with Gasteiger partial charge in [-0.25, -0.2) is 4.99 Å². The second-order valence-corrected chi connectivity index (χ2v) is 6.28. The minimum absolute atomic E-state index is 0. The highest BCUT2D eigenvalue weighted by molar-refractivity contribution is 14.0. The highest BCUT2D eigenvalue weighted by Crippen LogP contribution is 2.31. The number of alkyl halides is 3. The fourth-order valence-corrected chi connectivity index (χ4v) is 2.62. The molecule has 0 heterocycles. The van der Waals surface area contributed by atoms with E-state index in [1.807, 2.05) is 13.0 Å². The van der Waals surface area contributed by atoms with Crippen molar-refractivity contribution in [3.63, 3.8) is 0 Å². The van der Waals surface area contributed by atoms with E-state index in [0.29, 0.717) is 24.0 Å². The van der Waals surface area contributed by atoms with Crippen molar-refractivity contribution >= 4 is 35.6 Å². The average Bonchev–Trinajstić information content (AvgIpc) is 2.75. The Morgan fingerprint density at radius 2 is 1.53 bits per heavy atom. The van der Waals surface area contributed by atoms with Crippen LogP contribution in [0.1, 0.15) is 12.5 Å². The van der Waals surface area contributed by atoms with E-state index in [4.69, 9.17) is 18.9 Å². The highest BCUT2D eigenvalue weighted by Gasteiger charge is 2.29. The fraction of sp³-hybridized carbons (Fsp3) is 0.381. The average molecular weight is 569 g/mol. The Morgan fingerprint density at radius 1 is 0.906 bits per heavy atom. The maximum Gasteiger partial charge on any atom is 0.422 e. The molecule has 2 aromatic carbocycles. The Bertz CT molecular complexity index is 895. The normalized spacial score (nSPS) is 11.3. The van der Waals surface area contributed by atoms with Crippen LogP contribution in [0, 0.1) is 0 Å². The number of ether oxygens (including phenoxy) is 4. The lowest BCUT2D eigenvalue weighted by Crippen LogP contribution is -2.30. The monoisotopic (exact) mass is 569 g/mol. The molecular weight excluding hydrogens is 542 g/mol. The molecule has 0 bridgehead atoms. The number of anilines is 1. The first-order valence-corrected chi connectivity index (χ1v) is 9.43. The Balaban J connectivity index is 0.00000512. The second-order valence-electron chi connectivity index (χ2n) is 6.28. The van der Waals surface area contributed by atoms with Crippen molar-refractivity contribution in [3.8, 4) is 23.0 Å². The molecule has 178 valence electrons. The van der Waals surface area contributed by atoms with Gasteiger partial charge in [-0.3, -0.25) is 0 Å². The van der Waals surface area contributed by atoms with Gasteiger partial charge in [-0.05, 0) is 36.8 Å². The third-order valence-electron chi connectivity index (χ3n) is 4.03. The van der Waals surface area contributed by atoms with Gasteiger partial charge >= 0.3 is 6.18 Å². The van der Waals surface area contributed by atoms with Crippen molar-refractivity contribution in [3.05, 3.63) is 42.0 Å². The van der Waals surface area contributed by atoms with Crippen LogP contribution in [-0.4, -0.2) is 46.6 Å². The number of nitrogens with zero attached hydrogens (tertiary/aromatic N) is 1. The van der Waals surface area contributed by atoms with Crippen LogP contribution >= 0.6 is 24.0 Å². The van der Waals surface area contributed by atoms with E-state index in [9.17, 15) is 13.2 Å². The van der Waals surface area contributed by atoms with E-state index in [1.165, 1.54) is 13.2 Å². The standard InChI is InChI=1S/C21H26F3N3O4.HI/c1-5-25-20(27-15-7-9-16(28-2)19(11-15)30-4)26-12-14-6-8-17(18(10-14)29-3)31-13-21(22,23)24;/h6-11H,5,12-13H2,1-4H3,(H2,25,26,27);1H. The van der Waals surface area contributed by atoms with E-state index in [-0.39, 0.29) is 42.0 Å². The molecule has 2 rings (SSSR count). The molecular formula is C21H27F3IN3O4. The minimum atomic E-state index is -4.43. The van der Waals surface area contributed by atoms with Crippen LogP contribution in [0.3, 0.4) is 0 Å². The third-order valence-corrected chi connectivity index (χ3v) is 4.03. The molecule has 0 aromatic heterocycles.